The van der Waals surface area contributed by atoms with Gasteiger partial charge >= 0.3 is 24.4 Å². The SMILES string of the molecule is CCn1nc(C(=O)NCC2(O)CCC(C)CC2)c(Cl)c1-c1cnc(N[C@H](C)CC(F)(F)F)cc1OC(F)F.O=S=O. The van der Waals surface area contributed by atoms with Crippen molar-refractivity contribution in [2.24, 2.45) is 5.92 Å². The zero-order valence-electron chi connectivity index (χ0n) is 22.4. The third-order valence-corrected chi connectivity index (χ3v) is 6.82. The predicted octanol–water partition coefficient (Wildman–Crippen LogP) is 4.97. The fraction of sp³-hybridized carbons (Fsp3) is 0.625. The van der Waals surface area contributed by atoms with E-state index in [9.17, 15) is 31.9 Å². The molecule has 0 bridgehead atoms. The number of rotatable bonds is 10. The molecule has 2 heterocycles. The smallest absolute Gasteiger partial charge is 0.391 e. The van der Waals surface area contributed by atoms with Gasteiger partial charge in [-0.1, -0.05) is 18.5 Å². The summed E-state index contributed by atoms with van der Waals surface area (Å²) in [7, 11) is 0. The van der Waals surface area contributed by atoms with E-state index in [1.165, 1.54) is 11.6 Å². The van der Waals surface area contributed by atoms with Crippen molar-refractivity contribution in [1.29, 1.82) is 0 Å². The molecule has 0 saturated heterocycles. The number of nitrogens with zero attached hydrogens (tertiary/aromatic N) is 3. The van der Waals surface area contributed by atoms with Gasteiger partial charge < -0.3 is 20.5 Å². The summed E-state index contributed by atoms with van der Waals surface area (Å²) in [5.41, 5.74) is -1.18. The highest BCUT2D eigenvalue weighted by atomic mass is 35.5. The minimum absolute atomic E-state index is 0.000968. The minimum Gasteiger partial charge on any atom is -0.434 e. The van der Waals surface area contributed by atoms with Crippen molar-refractivity contribution in [3.05, 3.63) is 23.0 Å². The number of anilines is 1. The Labute approximate surface area is 241 Å². The maximum atomic E-state index is 13.2. The van der Waals surface area contributed by atoms with Crippen LogP contribution in [0.2, 0.25) is 5.02 Å². The van der Waals surface area contributed by atoms with Gasteiger partial charge in [0.05, 0.1) is 28.3 Å². The van der Waals surface area contributed by atoms with E-state index in [4.69, 9.17) is 20.0 Å². The summed E-state index contributed by atoms with van der Waals surface area (Å²) in [6.45, 7) is 2.01. The number of carbonyl (C=O) groups excluding carboxylic acids is 1. The summed E-state index contributed by atoms with van der Waals surface area (Å²) in [4.78, 5) is 17.0. The average Bonchev–Trinajstić information content (AvgIpc) is 3.20. The quantitative estimate of drug-likeness (QED) is 0.313. The summed E-state index contributed by atoms with van der Waals surface area (Å²) in [5.74, 6) is -0.686. The number of alkyl halides is 5. The second-order valence-corrected chi connectivity index (χ2v) is 10.3. The van der Waals surface area contributed by atoms with E-state index >= 15 is 0 Å². The van der Waals surface area contributed by atoms with E-state index in [2.05, 4.69) is 32.4 Å². The molecule has 1 saturated carbocycles. The number of hydrogen-bond donors (Lipinski definition) is 3. The van der Waals surface area contributed by atoms with Gasteiger partial charge in [-0.3, -0.25) is 9.48 Å². The molecule has 1 fully saturated rings. The van der Waals surface area contributed by atoms with Crippen molar-refractivity contribution in [3.8, 4) is 17.0 Å². The van der Waals surface area contributed by atoms with E-state index < -0.39 is 54.1 Å². The van der Waals surface area contributed by atoms with E-state index in [0.29, 0.717) is 18.8 Å². The molecule has 1 aliphatic carbocycles. The molecule has 230 valence electrons. The fourth-order valence-corrected chi connectivity index (χ4v) is 4.74. The highest BCUT2D eigenvalue weighted by Crippen LogP contribution is 2.39. The molecule has 3 rings (SSSR count). The first-order chi connectivity index (χ1) is 19.1. The van der Waals surface area contributed by atoms with Crippen LogP contribution in [-0.4, -0.2) is 65.2 Å². The van der Waals surface area contributed by atoms with Crippen molar-refractivity contribution in [1.82, 2.24) is 20.1 Å². The van der Waals surface area contributed by atoms with Crippen LogP contribution in [0.15, 0.2) is 12.3 Å². The van der Waals surface area contributed by atoms with Crippen LogP contribution in [0.1, 0.15) is 63.4 Å². The summed E-state index contributed by atoms with van der Waals surface area (Å²) >= 11 is 5.75. The third kappa shape index (κ3) is 10.2. The largest absolute Gasteiger partial charge is 0.434 e. The monoisotopic (exact) mass is 631 g/mol. The Bertz CT molecular complexity index is 1220. The summed E-state index contributed by atoms with van der Waals surface area (Å²) in [6, 6.07) is -0.0492. The van der Waals surface area contributed by atoms with Crippen molar-refractivity contribution < 1.29 is 45.0 Å². The molecule has 0 radical (unpaired) electrons. The van der Waals surface area contributed by atoms with Gasteiger partial charge in [0, 0.05) is 31.4 Å². The maximum Gasteiger partial charge on any atom is 0.391 e. The molecule has 1 atom stereocenters. The zero-order valence-corrected chi connectivity index (χ0v) is 24.0. The lowest BCUT2D eigenvalue weighted by Crippen LogP contribution is -2.45. The normalized spacial score (nSPS) is 19.6. The molecule has 0 unspecified atom stereocenters. The topological polar surface area (TPSA) is 135 Å². The summed E-state index contributed by atoms with van der Waals surface area (Å²) in [5, 5.41) is 20.0. The van der Waals surface area contributed by atoms with E-state index in [-0.39, 0.29) is 40.9 Å². The highest BCUT2D eigenvalue weighted by Gasteiger charge is 2.34. The van der Waals surface area contributed by atoms with Crippen molar-refractivity contribution >= 4 is 34.9 Å². The number of aryl methyl sites for hydroxylation is 1. The first kappa shape index (κ1) is 34.4. The molecule has 17 heteroatoms. The van der Waals surface area contributed by atoms with Crippen LogP contribution in [0, 0.1) is 5.92 Å². The van der Waals surface area contributed by atoms with Gasteiger partial charge in [0.25, 0.3) is 5.91 Å². The van der Waals surface area contributed by atoms with E-state index in [1.807, 2.05) is 0 Å². The molecule has 0 aliphatic heterocycles. The Balaban J connectivity index is 0.00000187. The Morgan fingerprint density at radius 1 is 1.32 bits per heavy atom. The number of pyridine rings is 1. The number of nitrogens with one attached hydrogen (secondary N) is 2. The van der Waals surface area contributed by atoms with Crippen LogP contribution in [0.25, 0.3) is 11.3 Å². The first-order valence-electron chi connectivity index (χ1n) is 12.6. The molecule has 2 aromatic heterocycles. The van der Waals surface area contributed by atoms with E-state index in [1.54, 1.807) is 6.92 Å². The first-order valence-corrected chi connectivity index (χ1v) is 13.6. The van der Waals surface area contributed by atoms with Crippen molar-refractivity contribution in [2.75, 3.05) is 11.9 Å². The van der Waals surface area contributed by atoms with Gasteiger partial charge in [-0.05, 0) is 45.4 Å². The van der Waals surface area contributed by atoms with Crippen molar-refractivity contribution in [2.45, 2.75) is 83.9 Å². The highest BCUT2D eigenvalue weighted by molar-refractivity contribution is 7.51. The molecular weight excluding hydrogens is 601 g/mol. The van der Waals surface area contributed by atoms with Crippen LogP contribution < -0.4 is 15.4 Å². The van der Waals surface area contributed by atoms with Gasteiger partial charge in [0.1, 0.15) is 11.6 Å². The molecule has 3 N–H and O–H groups in total. The molecule has 1 aliphatic rings. The van der Waals surface area contributed by atoms with Crippen molar-refractivity contribution in [3.63, 3.8) is 0 Å². The fourth-order valence-electron chi connectivity index (χ4n) is 4.41. The zero-order chi connectivity index (χ0) is 31.0. The number of halogens is 6. The summed E-state index contributed by atoms with van der Waals surface area (Å²) in [6.07, 6.45) is -1.73. The third-order valence-electron chi connectivity index (χ3n) is 6.46. The van der Waals surface area contributed by atoms with Gasteiger partial charge in [-0.15, -0.1) is 0 Å². The van der Waals surface area contributed by atoms with Crippen LogP contribution in [0.5, 0.6) is 5.75 Å². The lowest BCUT2D eigenvalue weighted by atomic mass is 9.79. The standard InChI is InChI=1S/C24H31ClF5N5O3.O2S/c1-4-35-20(18(25)19(34-35)21(36)32-12-23(37)7-5-13(2)6-8-23)15-11-31-17(9-16(15)38-22(26)27)33-14(3)10-24(28,29)30;1-3-2/h9,11,13-14,22,37H,4-8,10,12H2,1-3H3,(H,31,33)(H,32,36);/t13?,14-,23?;/m1./s1. The maximum absolute atomic E-state index is 13.2. The van der Waals surface area contributed by atoms with Gasteiger partial charge in [-0.2, -0.15) is 35.5 Å². The Hall–Kier alpha value is -2.85. The number of aromatic nitrogens is 3. The number of ether oxygens (including phenoxy) is 1. The molecule has 10 nitrogen and oxygen atoms in total. The lowest BCUT2D eigenvalue weighted by Gasteiger charge is -2.34. The van der Waals surface area contributed by atoms with Crippen LogP contribution >= 0.6 is 11.6 Å². The molecule has 0 spiro atoms. The number of hydrogen-bond acceptors (Lipinski definition) is 8. The molecule has 2 aromatic rings. The molecule has 41 heavy (non-hydrogen) atoms. The van der Waals surface area contributed by atoms with Crippen LogP contribution in [-0.2, 0) is 18.1 Å². The van der Waals surface area contributed by atoms with Crippen LogP contribution in [0.4, 0.5) is 27.8 Å². The number of carbonyl (C=O) groups is 1. The molecule has 1 amide bonds. The number of aliphatic hydroxyl groups is 1. The van der Waals surface area contributed by atoms with Gasteiger partial charge in [0.2, 0.25) is 0 Å². The number of amides is 1. The second-order valence-electron chi connectivity index (χ2n) is 9.79. The Morgan fingerprint density at radius 3 is 2.46 bits per heavy atom. The Morgan fingerprint density at radius 2 is 1.93 bits per heavy atom. The average molecular weight is 632 g/mol. The van der Waals surface area contributed by atoms with Crippen LogP contribution in [0.3, 0.4) is 0 Å². The van der Waals surface area contributed by atoms with Gasteiger partial charge in [0.15, 0.2) is 5.69 Å². The second kappa shape index (κ2) is 14.9. The Kier molecular flexibility index (Phi) is 12.5. The molecular formula is C24H31ClF5N5O5S. The van der Waals surface area contributed by atoms with Gasteiger partial charge in [-0.25, -0.2) is 4.98 Å². The lowest BCUT2D eigenvalue weighted by molar-refractivity contribution is -0.136. The predicted molar refractivity (Wildman–Crippen MR) is 140 cm³/mol. The summed E-state index contributed by atoms with van der Waals surface area (Å²) < 4.78 is 87.0. The minimum atomic E-state index is -4.43. The van der Waals surface area contributed by atoms with E-state index in [0.717, 1.165) is 25.1 Å². The molecule has 0 aromatic carbocycles.